The lowest BCUT2D eigenvalue weighted by Crippen LogP contribution is -2.39. The topological polar surface area (TPSA) is 41.3 Å². The van der Waals surface area contributed by atoms with E-state index in [0.29, 0.717) is 6.04 Å². The summed E-state index contributed by atoms with van der Waals surface area (Å²) >= 11 is 0. The molecule has 0 aliphatic rings. The maximum Gasteiger partial charge on any atom is 0.0188 e. The lowest BCUT2D eigenvalue weighted by atomic mass is 10.2. The van der Waals surface area contributed by atoms with Gasteiger partial charge in [0.1, 0.15) is 0 Å². The van der Waals surface area contributed by atoms with E-state index in [0.717, 1.165) is 26.1 Å². The van der Waals surface area contributed by atoms with Crippen LogP contribution < -0.4 is 11.1 Å². The zero-order valence-electron chi connectivity index (χ0n) is 7.93. The van der Waals surface area contributed by atoms with Crippen molar-refractivity contribution >= 4 is 0 Å². The fraction of sp³-hybridized carbons (Fsp3) is 1.00. The Morgan fingerprint density at radius 2 is 2.09 bits per heavy atom. The van der Waals surface area contributed by atoms with Crippen molar-refractivity contribution in [2.24, 2.45) is 5.73 Å². The van der Waals surface area contributed by atoms with Gasteiger partial charge < -0.3 is 16.0 Å². The Morgan fingerprint density at radius 1 is 1.45 bits per heavy atom. The van der Waals surface area contributed by atoms with Crippen LogP contribution in [-0.4, -0.2) is 44.7 Å². The first-order chi connectivity index (χ1) is 5.20. The summed E-state index contributed by atoms with van der Waals surface area (Å²) in [6.07, 6.45) is 1.12. The summed E-state index contributed by atoms with van der Waals surface area (Å²) in [6.45, 7) is 5.00. The van der Waals surface area contributed by atoms with E-state index >= 15 is 0 Å². The monoisotopic (exact) mass is 159 g/mol. The quantitative estimate of drug-likeness (QED) is 0.567. The van der Waals surface area contributed by atoms with Crippen molar-refractivity contribution in [3.63, 3.8) is 0 Å². The van der Waals surface area contributed by atoms with Crippen LogP contribution in [0.4, 0.5) is 0 Å². The molecule has 0 saturated carbocycles. The van der Waals surface area contributed by atoms with Crippen LogP contribution in [0.25, 0.3) is 0 Å². The Morgan fingerprint density at radius 3 is 2.45 bits per heavy atom. The fourth-order valence-electron chi connectivity index (χ4n) is 0.887. The lowest BCUT2D eigenvalue weighted by molar-refractivity contribution is 0.381. The minimum absolute atomic E-state index is 0.495. The Hall–Kier alpha value is -0.120. The van der Waals surface area contributed by atoms with Gasteiger partial charge in [-0.2, -0.15) is 0 Å². The Labute approximate surface area is 69.9 Å². The highest BCUT2D eigenvalue weighted by Gasteiger charge is 2.00. The maximum atomic E-state index is 5.52. The largest absolute Gasteiger partial charge is 0.329 e. The first-order valence-electron chi connectivity index (χ1n) is 4.28. The van der Waals surface area contributed by atoms with E-state index in [1.54, 1.807) is 0 Å². The minimum Gasteiger partial charge on any atom is -0.329 e. The molecule has 0 aromatic carbocycles. The first kappa shape index (κ1) is 10.9. The fourth-order valence-corrected chi connectivity index (χ4v) is 0.887. The van der Waals surface area contributed by atoms with Crippen molar-refractivity contribution in [2.75, 3.05) is 33.7 Å². The van der Waals surface area contributed by atoms with Crippen LogP contribution in [0.15, 0.2) is 0 Å². The standard InChI is InChI=1S/C8H21N3/c1-4-8(7-9)10-5-6-11(2)3/h8,10H,4-7,9H2,1-3H3. The molecule has 0 radical (unpaired) electrons. The van der Waals surface area contributed by atoms with Gasteiger partial charge in [0.15, 0.2) is 0 Å². The molecule has 0 aromatic rings. The number of rotatable bonds is 6. The van der Waals surface area contributed by atoms with Crippen LogP contribution in [0.2, 0.25) is 0 Å². The van der Waals surface area contributed by atoms with Gasteiger partial charge in [-0.15, -0.1) is 0 Å². The van der Waals surface area contributed by atoms with Crippen LogP contribution in [0.5, 0.6) is 0 Å². The highest BCUT2D eigenvalue weighted by molar-refractivity contribution is 4.65. The SMILES string of the molecule is CCC(CN)NCCN(C)C. The summed E-state index contributed by atoms with van der Waals surface area (Å²) in [5.74, 6) is 0. The van der Waals surface area contributed by atoms with E-state index in [9.17, 15) is 0 Å². The molecule has 68 valence electrons. The predicted octanol–water partition coefficient (Wildman–Crippen LogP) is -0.125. The molecule has 0 bridgehead atoms. The predicted molar refractivity (Wildman–Crippen MR) is 49.7 cm³/mol. The number of hydrogen-bond donors (Lipinski definition) is 2. The summed E-state index contributed by atoms with van der Waals surface area (Å²) in [4.78, 5) is 2.16. The third-order valence-corrected chi connectivity index (χ3v) is 1.77. The summed E-state index contributed by atoms with van der Waals surface area (Å²) in [7, 11) is 4.15. The van der Waals surface area contributed by atoms with Gasteiger partial charge >= 0.3 is 0 Å². The summed E-state index contributed by atoms with van der Waals surface area (Å²) < 4.78 is 0. The third kappa shape index (κ3) is 6.28. The molecule has 0 aliphatic carbocycles. The van der Waals surface area contributed by atoms with Crippen LogP contribution in [0, 0.1) is 0 Å². The third-order valence-electron chi connectivity index (χ3n) is 1.77. The average molecular weight is 159 g/mol. The molecule has 0 aromatic heterocycles. The van der Waals surface area contributed by atoms with Crippen molar-refractivity contribution in [2.45, 2.75) is 19.4 Å². The molecule has 0 heterocycles. The molecular weight excluding hydrogens is 138 g/mol. The molecule has 3 N–H and O–H groups in total. The molecule has 0 rings (SSSR count). The van der Waals surface area contributed by atoms with Gasteiger partial charge in [-0.05, 0) is 20.5 Å². The van der Waals surface area contributed by atoms with Gasteiger partial charge in [-0.1, -0.05) is 6.92 Å². The minimum atomic E-state index is 0.495. The molecule has 0 fully saturated rings. The van der Waals surface area contributed by atoms with Crippen LogP contribution in [0.3, 0.4) is 0 Å². The summed E-state index contributed by atoms with van der Waals surface area (Å²) in [6, 6.07) is 0.495. The van der Waals surface area contributed by atoms with Crippen molar-refractivity contribution in [3.05, 3.63) is 0 Å². The lowest BCUT2D eigenvalue weighted by Gasteiger charge is -2.16. The van der Waals surface area contributed by atoms with E-state index in [1.807, 2.05) is 0 Å². The molecule has 0 saturated heterocycles. The smallest absolute Gasteiger partial charge is 0.0188 e. The molecular formula is C8H21N3. The van der Waals surface area contributed by atoms with Gasteiger partial charge in [0.2, 0.25) is 0 Å². The second-order valence-electron chi connectivity index (χ2n) is 3.10. The first-order valence-corrected chi connectivity index (χ1v) is 4.28. The van der Waals surface area contributed by atoms with Gasteiger partial charge in [0, 0.05) is 25.7 Å². The average Bonchev–Trinajstić information content (AvgIpc) is 1.98. The maximum absolute atomic E-state index is 5.52. The van der Waals surface area contributed by atoms with Gasteiger partial charge in [0.25, 0.3) is 0 Å². The van der Waals surface area contributed by atoms with Crippen molar-refractivity contribution in [3.8, 4) is 0 Å². The highest BCUT2D eigenvalue weighted by atomic mass is 15.1. The van der Waals surface area contributed by atoms with Gasteiger partial charge in [0.05, 0.1) is 0 Å². The second kappa shape index (κ2) is 6.58. The number of hydrogen-bond acceptors (Lipinski definition) is 3. The second-order valence-corrected chi connectivity index (χ2v) is 3.10. The van der Waals surface area contributed by atoms with Crippen LogP contribution >= 0.6 is 0 Å². The zero-order chi connectivity index (χ0) is 8.69. The molecule has 3 heteroatoms. The summed E-state index contributed by atoms with van der Waals surface area (Å²) in [5.41, 5.74) is 5.52. The number of nitrogens with two attached hydrogens (primary N) is 1. The van der Waals surface area contributed by atoms with E-state index in [-0.39, 0.29) is 0 Å². The van der Waals surface area contributed by atoms with E-state index in [1.165, 1.54) is 0 Å². The molecule has 0 amide bonds. The molecule has 1 unspecified atom stereocenters. The van der Waals surface area contributed by atoms with Crippen LogP contribution in [-0.2, 0) is 0 Å². The molecule has 1 atom stereocenters. The summed E-state index contributed by atoms with van der Waals surface area (Å²) in [5, 5.41) is 3.38. The van der Waals surface area contributed by atoms with Gasteiger partial charge in [-0.3, -0.25) is 0 Å². The van der Waals surface area contributed by atoms with Crippen molar-refractivity contribution in [1.82, 2.24) is 10.2 Å². The van der Waals surface area contributed by atoms with E-state index in [2.05, 4.69) is 31.2 Å². The number of nitrogens with one attached hydrogen (secondary N) is 1. The molecule has 0 aliphatic heterocycles. The Kier molecular flexibility index (Phi) is 6.51. The zero-order valence-corrected chi connectivity index (χ0v) is 7.93. The molecule has 3 nitrogen and oxygen atoms in total. The Bertz CT molecular complexity index is 79.4. The Balaban J connectivity index is 3.21. The number of likely N-dealkylation sites (N-methyl/N-ethyl adjacent to an activating group) is 1. The normalized spacial score (nSPS) is 13.9. The number of nitrogens with zero attached hydrogens (tertiary/aromatic N) is 1. The molecule has 11 heavy (non-hydrogen) atoms. The molecule has 0 spiro atoms. The van der Waals surface area contributed by atoms with E-state index in [4.69, 9.17) is 5.73 Å². The van der Waals surface area contributed by atoms with Crippen molar-refractivity contribution < 1.29 is 0 Å². The van der Waals surface area contributed by atoms with Gasteiger partial charge in [-0.25, -0.2) is 0 Å². The van der Waals surface area contributed by atoms with E-state index < -0.39 is 0 Å². The highest BCUT2D eigenvalue weighted by Crippen LogP contribution is 1.85. The van der Waals surface area contributed by atoms with Crippen molar-refractivity contribution in [1.29, 1.82) is 0 Å². The van der Waals surface area contributed by atoms with Crippen LogP contribution in [0.1, 0.15) is 13.3 Å².